The second-order valence-corrected chi connectivity index (χ2v) is 43.1. The Morgan fingerprint density at radius 2 is 0.794 bits per heavy atom. The van der Waals surface area contributed by atoms with Gasteiger partial charge in [-0.2, -0.15) is 0 Å². The number of alkyl halides is 2. The summed E-state index contributed by atoms with van der Waals surface area (Å²) in [7, 11) is 0. The van der Waals surface area contributed by atoms with Crippen molar-refractivity contribution in [3.63, 3.8) is 0 Å². The molecule has 6 aromatic rings. The van der Waals surface area contributed by atoms with Crippen LogP contribution in [0.2, 0.25) is 25.5 Å². The van der Waals surface area contributed by atoms with E-state index in [0.29, 0.717) is 209 Å². The van der Waals surface area contributed by atoms with Crippen molar-refractivity contribution in [3.05, 3.63) is 156 Å². The maximum atomic E-state index is 12.2. The Morgan fingerprint density at radius 1 is 0.454 bits per heavy atom. The number of aromatic nitrogens is 6. The quantitative estimate of drug-likeness (QED) is 0.0118. The van der Waals surface area contributed by atoms with E-state index in [1.807, 2.05) is 148 Å². The van der Waals surface area contributed by atoms with Gasteiger partial charge in [-0.1, -0.05) is 100 Å². The molecule has 0 bridgehead atoms. The summed E-state index contributed by atoms with van der Waals surface area (Å²) in [6.07, 6.45) is 3.23. The molecule has 6 saturated carbocycles. The number of rotatable bonds is 18. The van der Waals surface area contributed by atoms with E-state index in [9.17, 15) is 38.4 Å². The molecular formula is C100H131Cl7N16O18. The Bertz CT molecular complexity index is 5340. The molecule has 6 aliphatic carbocycles. The fraction of sp³-hybridized carbons (Fsp3) is 0.600. The number of amides is 4. The van der Waals surface area contributed by atoms with Crippen LogP contribution < -0.4 is 25.8 Å². The zero-order valence-electron chi connectivity index (χ0n) is 83.0. The van der Waals surface area contributed by atoms with Crippen LogP contribution in [0.1, 0.15) is 131 Å². The van der Waals surface area contributed by atoms with Crippen molar-refractivity contribution in [2.45, 2.75) is 147 Å². The summed E-state index contributed by atoms with van der Waals surface area (Å²) in [6, 6.07) is 19.2. The first-order valence-electron chi connectivity index (χ1n) is 47.3. The summed E-state index contributed by atoms with van der Waals surface area (Å²) >= 11 is 38.5. The number of fused-ring (bicyclic) bond motifs is 6. The number of hydrogen-bond donors (Lipinski definition) is 4. The maximum Gasteiger partial charge on any atom is 0.410 e. The van der Waals surface area contributed by atoms with Crippen molar-refractivity contribution < 1.29 is 86.1 Å². The number of aliphatic hydroxyl groups excluding tert-OH is 1. The van der Waals surface area contributed by atoms with Gasteiger partial charge in [-0.05, 0) is 239 Å². The average molecular weight is 2090 g/mol. The van der Waals surface area contributed by atoms with Crippen LogP contribution >= 0.6 is 81.2 Å². The lowest BCUT2D eigenvalue weighted by molar-refractivity contribution is -0.146. The Hall–Kier alpha value is -9.85. The molecule has 3 aromatic heterocycles. The standard InChI is InChI=1S/C23H26ClN5O3.C16H22ClN3O3.C16H19NO3.C13H21NO4.C11H19NO3.C8H13NO2.C7H5ClN2.C5H4Cl2N2.CH2Cl2/c1-13-20(28-19-7-6-14(25-5)8-18(19)24)26-12-27-21(13)31-11-17-15-9-29(10-16(15)17)22(30)32-23(2,3)4;1-9-13(17)18-8-19-14(9)22-7-12-10-5-20(6-11(10)12)15(21)23-16(2,3)4;1-2-20-16(19)15-12-8-17(9-13(12)15)10-14(18)11-6-4-3-5-7-11;1-5-17-11(15)10-8-6-14(7-9(8)10)12(16)18-13(2,3)4;1-11(2,3)15-10(14)12-4-7-8(5-12)9(7)6-13;1-2-11-8(10)7-5-3-9-4-6(5)7;1-10-5-2-3-7(9)6(8)4-5;1-3-4(6)8-2-9-5(3)7;2-1-3/h6-8,12,15-17H,9-11H2,1-4H3,(H,26,27,28);8,10-12H,5-7H2,1-4H3;3-7,12-13,15H,2,8-10H2,1H3;8-10H,5-7H2,1-4H3;7-9,13H,4-6H2,1-3H3;5-7,9H,2-4H2,1H3;2-4H,9H2;2H,1H3;1H2/t15-,16+,17?;10-,11+,12?;12-,13+,15?;8-,9+,10?;7-,8+,9?;5-,6+,7?;;;. The summed E-state index contributed by atoms with van der Waals surface area (Å²) in [5, 5.41) is 17.7. The zero-order chi connectivity index (χ0) is 104. The van der Waals surface area contributed by atoms with Gasteiger partial charge in [0.1, 0.15) is 62.7 Å². The molecule has 18 rings (SSSR count). The molecule has 0 spiro atoms. The number of carbonyl (C=O) groups is 8. The topological polar surface area (TPSA) is 392 Å². The highest BCUT2D eigenvalue weighted by molar-refractivity contribution is 6.40. The molecule has 768 valence electrons. The third-order valence-electron chi connectivity index (χ3n) is 25.9. The van der Waals surface area contributed by atoms with Gasteiger partial charge < -0.3 is 83.7 Å². The van der Waals surface area contributed by atoms with E-state index < -0.39 is 22.4 Å². The number of piperidine rings is 6. The van der Waals surface area contributed by atoms with Crippen molar-refractivity contribution in [2.75, 3.05) is 141 Å². The van der Waals surface area contributed by atoms with Crippen molar-refractivity contribution in [1.29, 1.82) is 0 Å². The number of nitrogens with two attached hydrogens (primary N) is 1. The van der Waals surface area contributed by atoms with Gasteiger partial charge in [-0.25, -0.2) is 58.8 Å². The van der Waals surface area contributed by atoms with Crippen LogP contribution in [0.3, 0.4) is 0 Å². The van der Waals surface area contributed by atoms with E-state index in [-0.39, 0.29) is 89.6 Å². The number of nitrogens with one attached hydrogen (secondary N) is 2. The number of likely N-dealkylation sites (tertiary alicyclic amines) is 5. The fourth-order valence-corrected chi connectivity index (χ4v) is 19.2. The summed E-state index contributed by atoms with van der Waals surface area (Å²) < 4.78 is 48.3. The van der Waals surface area contributed by atoms with Crippen molar-refractivity contribution in [3.8, 4) is 11.8 Å². The molecule has 18 atom stereocenters. The Labute approximate surface area is 860 Å². The molecule has 12 fully saturated rings. The molecule has 6 saturated heterocycles. The lowest BCUT2D eigenvalue weighted by atomic mass is 10.1. The number of carbonyl (C=O) groups excluding carboxylic acids is 8. The number of anilines is 3. The molecule has 12 aliphatic rings. The number of aliphatic hydroxyl groups is 1. The maximum absolute atomic E-state index is 12.2. The van der Waals surface area contributed by atoms with Gasteiger partial charge in [0.2, 0.25) is 11.8 Å². The second kappa shape index (κ2) is 50.1. The Balaban J connectivity index is 0.000000170. The van der Waals surface area contributed by atoms with Crippen molar-refractivity contribution in [1.82, 2.24) is 59.7 Å². The predicted molar refractivity (Wildman–Crippen MR) is 537 cm³/mol. The van der Waals surface area contributed by atoms with E-state index in [4.69, 9.17) is 148 Å². The van der Waals surface area contributed by atoms with E-state index in [2.05, 4.69) is 55.1 Å². The van der Waals surface area contributed by atoms with Gasteiger partial charge in [0.25, 0.3) is 0 Å². The van der Waals surface area contributed by atoms with E-state index in [1.165, 1.54) is 19.0 Å². The highest BCUT2D eigenvalue weighted by Gasteiger charge is 2.64. The minimum atomic E-state index is -0.480. The average Bonchev–Trinajstić information content (AvgIpc) is 1.56. The van der Waals surface area contributed by atoms with E-state index in [1.54, 1.807) is 62.9 Å². The van der Waals surface area contributed by atoms with Crippen LogP contribution in [-0.4, -0.2) is 260 Å². The summed E-state index contributed by atoms with van der Waals surface area (Å²) in [5.74, 6) is 8.75. The van der Waals surface area contributed by atoms with Gasteiger partial charge in [0, 0.05) is 106 Å². The number of nitrogens with zero attached hydrogens (tertiary/aromatic N) is 13. The van der Waals surface area contributed by atoms with Crippen molar-refractivity contribution >= 4 is 158 Å². The molecule has 5 N–H and O–H groups in total. The van der Waals surface area contributed by atoms with Crippen LogP contribution in [0.5, 0.6) is 11.8 Å². The molecule has 3 aromatic carbocycles. The number of halogens is 7. The van der Waals surface area contributed by atoms with Gasteiger partial charge >= 0.3 is 42.3 Å². The Kier molecular flexibility index (Phi) is 40.2. The molecule has 41 heteroatoms. The lowest BCUT2D eigenvalue weighted by Gasteiger charge is -2.26. The van der Waals surface area contributed by atoms with Gasteiger partial charge in [0.05, 0.1) is 97.1 Å². The van der Waals surface area contributed by atoms with Crippen LogP contribution in [0.4, 0.5) is 47.7 Å². The smallest absolute Gasteiger partial charge is 0.410 e. The highest BCUT2D eigenvalue weighted by Crippen LogP contribution is 2.57. The minimum Gasteiger partial charge on any atom is -0.477 e. The van der Waals surface area contributed by atoms with Crippen LogP contribution in [0, 0.1) is 140 Å². The number of hydrogen-bond acceptors (Lipinski definition) is 28. The highest BCUT2D eigenvalue weighted by atomic mass is 35.5. The first-order valence-corrected chi connectivity index (χ1v) is 50.2. The zero-order valence-corrected chi connectivity index (χ0v) is 88.3. The molecular weight excluding hydrogens is 1960 g/mol. The molecule has 34 nitrogen and oxygen atoms in total. The fourth-order valence-electron chi connectivity index (χ4n) is 18.4. The van der Waals surface area contributed by atoms with Gasteiger partial charge in [-0.3, -0.25) is 24.1 Å². The molecule has 141 heavy (non-hydrogen) atoms. The number of esters is 3. The first kappa shape index (κ1) is 113. The van der Waals surface area contributed by atoms with Crippen molar-refractivity contribution in [2.24, 2.45) is 107 Å². The molecule has 4 amide bonds. The SMILES string of the molecule is CC(C)(C)OC(=O)N1C[C@@H]2C(CO)[C@@H]2C1.CCOC(=O)C1[C@H]2CN(C(=O)OC(C)(C)C)C[C@@H]12.CCOC(=O)C1[C@H]2CN(CC(=O)c3ccccc3)C[C@@H]12.CCOC(=O)C1[C@H]2CNC[C@@H]12.Cc1c(Cl)ncnc1Cl.Cc1c(Cl)ncnc1OCC1[C@H]2CN(C(=O)OC(C)(C)C)C[C@@H]12.ClCCl.[C-]#[N+]c1ccc(N)c(Cl)c1.[C-]#[N+]c1ccc(Nc2ncnc(OCC3[C@H]4CN(C(=O)OC(C)(C)C)C[C@@H]34)c2C)c(Cl)c1. The molecule has 6 aliphatic heterocycles. The summed E-state index contributed by atoms with van der Waals surface area (Å²) in [5.41, 5.74) is 8.77. The first-order chi connectivity index (χ1) is 66.6. The van der Waals surface area contributed by atoms with Crippen LogP contribution in [0.25, 0.3) is 9.69 Å². The number of ketones is 1. The monoisotopic (exact) mass is 2090 g/mol. The van der Waals surface area contributed by atoms with Gasteiger partial charge in [-0.15, -0.1) is 23.2 Å². The summed E-state index contributed by atoms with van der Waals surface area (Å²) in [6.45, 7) is 59.8. The van der Waals surface area contributed by atoms with Crippen LogP contribution in [-0.2, 0) is 47.5 Å². The van der Waals surface area contributed by atoms with Gasteiger partial charge in [0.15, 0.2) is 17.2 Å². The summed E-state index contributed by atoms with van der Waals surface area (Å²) in [4.78, 5) is 134. The predicted octanol–water partition coefficient (Wildman–Crippen LogP) is 18.5. The number of benzene rings is 3. The van der Waals surface area contributed by atoms with E-state index >= 15 is 0 Å². The minimum absolute atomic E-state index is 0.00337. The molecule has 9 heterocycles. The molecule has 0 radical (unpaired) electrons. The number of ether oxygens (including phenoxy) is 9. The third-order valence-corrected chi connectivity index (χ3v) is 27.7. The van der Waals surface area contributed by atoms with E-state index in [0.717, 1.165) is 74.6 Å². The third kappa shape index (κ3) is 32.3. The normalized spacial score (nSPS) is 25.0. The number of nitrogen functional groups attached to an aromatic ring is 1. The van der Waals surface area contributed by atoms with Crippen LogP contribution in [0.15, 0.2) is 85.7 Å². The largest absolute Gasteiger partial charge is 0.477 e. The lowest BCUT2D eigenvalue weighted by Crippen LogP contribution is -2.37. The second-order valence-electron chi connectivity index (χ2n) is 40.4. The molecule has 6 unspecified atom stereocenters. The Morgan fingerprint density at radius 3 is 1.16 bits per heavy atom. The number of Topliss-reactive ketones (excluding diaryl/α,β-unsaturated/α-hetero) is 1.